The lowest BCUT2D eigenvalue weighted by atomic mass is 10.2. The van der Waals surface area contributed by atoms with Crippen molar-refractivity contribution in [2.45, 2.75) is 0 Å². The van der Waals surface area contributed by atoms with E-state index >= 15 is 0 Å². The summed E-state index contributed by atoms with van der Waals surface area (Å²) in [5, 5.41) is 3.88. The third-order valence-corrected chi connectivity index (χ3v) is 3.34. The summed E-state index contributed by atoms with van der Waals surface area (Å²) in [4.78, 5) is 4.25. The SMILES string of the molecule is Fc1cc(F)cc(Nc2ccnc3ccc(Br)cc23)c1. The number of nitrogens with zero attached hydrogens (tertiary/aromatic N) is 1. The summed E-state index contributed by atoms with van der Waals surface area (Å²) >= 11 is 3.40. The second kappa shape index (κ2) is 5.17. The topological polar surface area (TPSA) is 24.9 Å². The number of nitrogens with one attached hydrogen (secondary N) is 1. The number of aromatic nitrogens is 1. The van der Waals surface area contributed by atoms with Crippen molar-refractivity contribution in [3.63, 3.8) is 0 Å². The minimum atomic E-state index is -0.618. The van der Waals surface area contributed by atoms with Crippen LogP contribution >= 0.6 is 15.9 Å². The summed E-state index contributed by atoms with van der Waals surface area (Å²) in [5.74, 6) is -1.24. The van der Waals surface area contributed by atoms with Crippen LogP contribution in [-0.4, -0.2) is 4.98 Å². The zero-order chi connectivity index (χ0) is 14.1. The van der Waals surface area contributed by atoms with Gasteiger partial charge in [0.1, 0.15) is 11.6 Å². The molecular weight excluding hydrogens is 326 g/mol. The average molecular weight is 335 g/mol. The quantitative estimate of drug-likeness (QED) is 0.711. The van der Waals surface area contributed by atoms with Gasteiger partial charge in [-0.15, -0.1) is 0 Å². The molecule has 0 aliphatic carbocycles. The van der Waals surface area contributed by atoms with Crippen molar-refractivity contribution >= 4 is 38.2 Å². The number of pyridine rings is 1. The van der Waals surface area contributed by atoms with Gasteiger partial charge in [0.2, 0.25) is 0 Å². The highest BCUT2D eigenvalue weighted by atomic mass is 79.9. The Bertz CT molecular complexity index is 770. The van der Waals surface area contributed by atoms with Crippen LogP contribution in [0.2, 0.25) is 0 Å². The predicted molar refractivity (Wildman–Crippen MR) is 79.1 cm³/mol. The van der Waals surface area contributed by atoms with E-state index < -0.39 is 11.6 Å². The Hall–Kier alpha value is -2.01. The van der Waals surface area contributed by atoms with Crippen molar-refractivity contribution in [2.75, 3.05) is 5.32 Å². The third kappa shape index (κ3) is 2.63. The maximum Gasteiger partial charge on any atom is 0.128 e. The second-order valence-corrected chi connectivity index (χ2v) is 5.22. The molecule has 3 aromatic rings. The summed E-state index contributed by atoms with van der Waals surface area (Å²) in [6.45, 7) is 0. The molecule has 2 aromatic carbocycles. The van der Waals surface area contributed by atoms with Crippen LogP contribution in [0.15, 0.2) is 53.1 Å². The second-order valence-electron chi connectivity index (χ2n) is 4.30. The van der Waals surface area contributed by atoms with Crippen LogP contribution in [0.25, 0.3) is 10.9 Å². The molecule has 0 aliphatic heterocycles. The molecule has 0 saturated heterocycles. The number of rotatable bonds is 2. The zero-order valence-corrected chi connectivity index (χ0v) is 11.8. The van der Waals surface area contributed by atoms with E-state index in [9.17, 15) is 8.78 Å². The third-order valence-electron chi connectivity index (χ3n) is 2.85. The number of benzene rings is 2. The molecule has 0 saturated carbocycles. The van der Waals surface area contributed by atoms with E-state index in [1.807, 2.05) is 18.2 Å². The highest BCUT2D eigenvalue weighted by Gasteiger charge is 2.05. The maximum absolute atomic E-state index is 13.2. The summed E-state index contributed by atoms with van der Waals surface area (Å²) in [7, 11) is 0. The van der Waals surface area contributed by atoms with E-state index in [0.717, 1.165) is 27.1 Å². The van der Waals surface area contributed by atoms with Crippen LogP contribution in [0.4, 0.5) is 20.2 Å². The van der Waals surface area contributed by atoms with Gasteiger partial charge in [-0.3, -0.25) is 4.98 Å². The molecule has 0 unspecified atom stereocenters. The molecule has 1 aromatic heterocycles. The van der Waals surface area contributed by atoms with E-state index in [1.54, 1.807) is 12.3 Å². The molecule has 0 amide bonds. The minimum Gasteiger partial charge on any atom is -0.355 e. The Morgan fingerprint density at radius 2 is 1.70 bits per heavy atom. The van der Waals surface area contributed by atoms with Crippen LogP contribution in [0.3, 0.4) is 0 Å². The molecule has 100 valence electrons. The Balaban J connectivity index is 2.08. The molecule has 20 heavy (non-hydrogen) atoms. The van der Waals surface area contributed by atoms with E-state index in [0.29, 0.717) is 5.69 Å². The Morgan fingerprint density at radius 3 is 2.45 bits per heavy atom. The predicted octanol–water partition coefficient (Wildman–Crippen LogP) is 5.02. The number of anilines is 2. The molecule has 0 spiro atoms. The van der Waals surface area contributed by atoms with Crippen LogP contribution < -0.4 is 5.32 Å². The highest BCUT2D eigenvalue weighted by Crippen LogP contribution is 2.28. The molecule has 0 aliphatic rings. The lowest BCUT2D eigenvalue weighted by Gasteiger charge is -2.10. The Morgan fingerprint density at radius 1 is 0.950 bits per heavy atom. The standard InChI is InChI=1S/C15H9BrF2N2/c16-9-1-2-14-13(5-9)15(3-4-19-14)20-12-7-10(17)6-11(18)8-12/h1-8H,(H,19,20). The first-order valence-electron chi connectivity index (χ1n) is 5.89. The van der Waals surface area contributed by atoms with Crippen molar-refractivity contribution in [3.8, 4) is 0 Å². The molecule has 1 heterocycles. The van der Waals surface area contributed by atoms with Crippen LogP contribution in [0.5, 0.6) is 0 Å². The van der Waals surface area contributed by atoms with Crippen LogP contribution in [0, 0.1) is 11.6 Å². The van der Waals surface area contributed by atoms with E-state index in [1.165, 1.54) is 12.1 Å². The molecule has 3 rings (SSSR count). The minimum absolute atomic E-state index is 0.356. The molecule has 0 radical (unpaired) electrons. The van der Waals surface area contributed by atoms with Gasteiger partial charge in [0, 0.05) is 33.5 Å². The smallest absolute Gasteiger partial charge is 0.128 e. The van der Waals surface area contributed by atoms with Gasteiger partial charge in [0.15, 0.2) is 0 Å². The lowest BCUT2D eigenvalue weighted by molar-refractivity contribution is 0.584. The summed E-state index contributed by atoms with van der Waals surface area (Å²) in [5.41, 5.74) is 1.89. The monoisotopic (exact) mass is 334 g/mol. The molecule has 0 atom stereocenters. The normalized spacial score (nSPS) is 10.8. The van der Waals surface area contributed by atoms with Gasteiger partial charge in [0.05, 0.1) is 5.52 Å². The van der Waals surface area contributed by atoms with Gasteiger partial charge in [-0.05, 0) is 36.4 Å². The van der Waals surface area contributed by atoms with Crippen molar-refractivity contribution in [3.05, 3.63) is 64.8 Å². The molecule has 1 N–H and O–H groups in total. The van der Waals surface area contributed by atoms with Gasteiger partial charge in [-0.2, -0.15) is 0 Å². The number of hydrogen-bond donors (Lipinski definition) is 1. The zero-order valence-electron chi connectivity index (χ0n) is 10.2. The van der Waals surface area contributed by atoms with E-state index in [4.69, 9.17) is 0 Å². The first-order chi connectivity index (χ1) is 9.61. The Kier molecular flexibility index (Phi) is 3.36. The van der Waals surface area contributed by atoms with Gasteiger partial charge < -0.3 is 5.32 Å². The van der Waals surface area contributed by atoms with Crippen LogP contribution in [-0.2, 0) is 0 Å². The fraction of sp³-hybridized carbons (Fsp3) is 0. The van der Waals surface area contributed by atoms with E-state index in [2.05, 4.69) is 26.2 Å². The number of fused-ring (bicyclic) bond motifs is 1. The van der Waals surface area contributed by atoms with Crippen molar-refractivity contribution in [1.29, 1.82) is 0 Å². The van der Waals surface area contributed by atoms with Crippen molar-refractivity contribution in [2.24, 2.45) is 0 Å². The van der Waals surface area contributed by atoms with Gasteiger partial charge in [0.25, 0.3) is 0 Å². The molecule has 5 heteroatoms. The Labute approximate surface area is 122 Å². The fourth-order valence-electron chi connectivity index (χ4n) is 2.01. The summed E-state index contributed by atoms with van der Waals surface area (Å²) in [6.07, 6.45) is 1.65. The van der Waals surface area contributed by atoms with Crippen molar-refractivity contribution in [1.82, 2.24) is 4.98 Å². The average Bonchev–Trinajstić information content (AvgIpc) is 2.38. The molecular formula is C15H9BrF2N2. The molecule has 0 bridgehead atoms. The molecule has 0 fully saturated rings. The number of hydrogen-bond acceptors (Lipinski definition) is 2. The first kappa shape index (κ1) is 13.0. The van der Waals surface area contributed by atoms with Gasteiger partial charge in [-0.1, -0.05) is 15.9 Å². The fourth-order valence-corrected chi connectivity index (χ4v) is 2.37. The summed E-state index contributed by atoms with van der Waals surface area (Å²) in [6, 6.07) is 10.8. The highest BCUT2D eigenvalue weighted by molar-refractivity contribution is 9.10. The summed E-state index contributed by atoms with van der Waals surface area (Å²) < 4.78 is 27.3. The van der Waals surface area contributed by atoms with Crippen molar-refractivity contribution < 1.29 is 8.78 Å². The van der Waals surface area contributed by atoms with Gasteiger partial charge >= 0.3 is 0 Å². The molecule has 2 nitrogen and oxygen atoms in total. The van der Waals surface area contributed by atoms with E-state index in [-0.39, 0.29) is 0 Å². The first-order valence-corrected chi connectivity index (χ1v) is 6.68. The van der Waals surface area contributed by atoms with Gasteiger partial charge in [-0.25, -0.2) is 8.78 Å². The van der Waals surface area contributed by atoms with Crippen LogP contribution in [0.1, 0.15) is 0 Å². The number of halogens is 3. The lowest BCUT2D eigenvalue weighted by Crippen LogP contribution is -1.94. The maximum atomic E-state index is 13.2. The largest absolute Gasteiger partial charge is 0.355 e.